The van der Waals surface area contributed by atoms with Gasteiger partial charge in [-0.2, -0.15) is 8.78 Å². The van der Waals surface area contributed by atoms with Gasteiger partial charge >= 0.3 is 6.61 Å². The molecule has 0 fully saturated rings. The summed E-state index contributed by atoms with van der Waals surface area (Å²) in [5.74, 6) is -0.268. The van der Waals surface area contributed by atoms with Crippen LogP contribution in [0.25, 0.3) is 0 Å². The second-order valence-corrected chi connectivity index (χ2v) is 6.90. The fourth-order valence-electron chi connectivity index (χ4n) is 1.34. The first kappa shape index (κ1) is 17.1. The van der Waals surface area contributed by atoms with Gasteiger partial charge < -0.3 is 4.74 Å². The van der Waals surface area contributed by atoms with Gasteiger partial charge in [-0.1, -0.05) is 18.5 Å². The van der Waals surface area contributed by atoms with Crippen LogP contribution < -0.4 is 9.46 Å². The number of alkyl halides is 2. The number of rotatable bonds is 6. The Balaban J connectivity index is 3.06. The van der Waals surface area contributed by atoms with Gasteiger partial charge in [-0.05, 0) is 38.5 Å². The summed E-state index contributed by atoms with van der Waals surface area (Å²) in [4.78, 5) is -0.106. The Kier molecular flexibility index (Phi) is 5.34. The van der Waals surface area contributed by atoms with Crippen LogP contribution in [0.15, 0.2) is 23.1 Å². The zero-order valence-corrected chi connectivity index (χ0v) is 12.9. The van der Waals surface area contributed by atoms with Gasteiger partial charge in [-0.15, -0.1) is 0 Å². The molecule has 0 radical (unpaired) electrons. The molecule has 0 aliphatic carbocycles. The number of sulfonamides is 1. The fourth-order valence-corrected chi connectivity index (χ4v) is 3.13. The van der Waals surface area contributed by atoms with Crippen molar-refractivity contribution in [2.45, 2.75) is 44.2 Å². The Labute approximate surface area is 122 Å². The van der Waals surface area contributed by atoms with Crippen molar-refractivity contribution in [3.63, 3.8) is 0 Å². The zero-order chi connectivity index (χ0) is 15.6. The average Bonchev–Trinajstić information content (AvgIpc) is 2.30. The molecule has 1 aromatic carbocycles. The summed E-state index contributed by atoms with van der Waals surface area (Å²) in [7, 11) is -3.78. The number of hydrogen-bond acceptors (Lipinski definition) is 3. The topological polar surface area (TPSA) is 55.4 Å². The van der Waals surface area contributed by atoms with Gasteiger partial charge in [-0.25, -0.2) is 13.1 Å². The number of halogens is 3. The lowest BCUT2D eigenvalue weighted by atomic mass is 10.0. The maximum Gasteiger partial charge on any atom is 0.387 e. The lowest BCUT2D eigenvalue weighted by molar-refractivity contribution is -0.0498. The molecule has 1 N–H and O–H groups in total. The van der Waals surface area contributed by atoms with Crippen LogP contribution >= 0.6 is 11.6 Å². The molecule has 0 aromatic heterocycles. The molecule has 0 atom stereocenters. The molecule has 0 amide bonds. The van der Waals surface area contributed by atoms with Crippen molar-refractivity contribution in [1.29, 1.82) is 0 Å². The van der Waals surface area contributed by atoms with Crippen LogP contribution in [0.3, 0.4) is 0 Å². The van der Waals surface area contributed by atoms with Crippen LogP contribution in [0.2, 0.25) is 5.02 Å². The van der Waals surface area contributed by atoms with Crippen molar-refractivity contribution < 1.29 is 21.9 Å². The summed E-state index contributed by atoms with van der Waals surface area (Å²) in [6.07, 6.45) is 0.590. The van der Waals surface area contributed by atoms with E-state index in [-0.39, 0.29) is 15.7 Å². The molecule has 1 aromatic rings. The van der Waals surface area contributed by atoms with E-state index in [1.807, 2.05) is 6.92 Å². The molecule has 0 bridgehead atoms. The maximum absolute atomic E-state index is 12.1. The molecule has 0 heterocycles. The van der Waals surface area contributed by atoms with Crippen LogP contribution in [0.1, 0.15) is 27.2 Å². The standard InChI is InChI=1S/C12H16ClF2NO3S/c1-4-12(2,3)16-20(17,18)8-5-6-10(9(13)7-8)19-11(14)15/h5-7,11,16H,4H2,1-3H3. The molecule has 20 heavy (non-hydrogen) atoms. The van der Waals surface area contributed by atoms with Crippen molar-refractivity contribution in [2.24, 2.45) is 0 Å². The third-order valence-electron chi connectivity index (χ3n) is 2.72. The van der Waals surface area contributed by atoms with Crippen LogP contribution in [0, 0.1) is 0 Å². The van der Waals surface area contributed by atoms with Gasteiger partial charge in [0.25, 0.3) is 0 Å². The second-order valence-electron chi connectivity index (χ2n) is 4.81. The van der Waals surface area contributed by atoms with Crippen molar-refractivity contribution >= 4 is 21.6 Å². The van der Waals surface area contributed by atoms with Gasteiger partial charge in [0.2, 0.25) is 10.0 Å². The third kappa shape index (κ3) is 4.57. The molecule has 8 heteroatoms. The quantitative estimate of drug-likeness (QED) is 0.871. The number of benzene rings is 1. The predicted octanol–water partition coefficient (Wildman–Crippen LogP) is 3.41. The van der Waals surface area contributed by atoms with Gasteiger partial charge in [-0.3, -0.25) is 0 Å². The summed E-state index contributed by atoms with van der Waals surface area (Å²) in [5, 5.41) is -0.192. The Bertz CT molecular complexity index is 576. The summed E-state index contributed by atoms with van der Waals surface area (Å²) in [5.41, 5.74) is -0.622. The first-order valence-electron chi connectivity index (χ1n) is 5.86. The van der Waals surface area contributed by atoms with Gasteiger partial charge in [0.05, 0.1) is 9.92 Å². The van der Waals surface area contributed by atoms with Gasteiger partial charge in [0, 0.05) is 5.54 Å². The van der Waals surface area contributed by atoms with Gasteiger partial charge in [0.15, 0.2) is 0 Å². The van der Waals surface area contributed by atoms with E-state index in [0.29, 0.717) is 6.42 Å². The van der Waals surface area contributed by atoms with Crippen molar-refractivity contribution in [3.8, 4) is 5.75 Å². The maximum atomic E-state index is 12.1. The predicted molar refractivity (Wildman–Crippen MR) is 72.8 cm³/mol. The Morgan fingerprint density at radius 3 is 2.45 bits per heavy atom. The van der Waals surface area contributed by atoms with Crippen LogP contribution in [-0.4, -0.2) is 20.6 Å². The van der Waals surface area contributed by atoms with Crippen molar-refractivity contribution in [1.82, 2.24) is 4.72 Å². The molecule has 4 nitrogen and oxygen atoms in total. The number of ether oxygens (including phenoxy) is 1. The van der Waals surface area contributed by atoms with Crippen LogP contribution in [0.4, 0.5) is 8.78 Å². The second kappa shape index (κ2) is 6.24. The minimum absolute atomic E-state index is 0.106. The molecule has 0 saturated heterocycles. The summed E-state index contributed by atoms with van der Waals surface area (Å²) in [6, 6.07) is 3.34. The lowest BCUT2D eigenvalue weighted by Gasteiger charge is -2.24. The summed E-state index contributed by atoms with van der Waals surface area (Å²) < 4.78 is 55.1. The highest BCUT2D eigenvalue weighted by Gasteiger charge is 2.25. The average molecular weight is 328 g/mol. The van der Waals surface area contributed by atoms with E-state index < -0.39 is 22.2 Å². The molecule has 114 valence electrons. The van der Waals surface area contributed by atoms with Crippen molar-refractivity contribution in [2.75, 3.05) is 0 Å². The highest BCUT2D eigenvalue weighted by Crippen LogP contribution is 2.29. The number of hydrogen-bond donors (Lipinski definition) is 1. The van der Waals surface area contributed by atoms with E-state index in [2.05, 4.69) is 9.46 Å². The monoisotopic (exact) mass is 327 g/mol. The van der Waals surface area contributed by atoms with E-state index in [9.17, 15) is 17.2 Å². The molecule has 0 aliphatic heterocycles. The molecule has 0 unspecified atom stereocenters. The van der Waals surface area contributed by atoms with Crippen LogP contribution in [0.5, 0.6) is 5.75 Å². The Hall–Kier alpha value is -0.920. The number of nitrogens with one attached hydrogen (secondary N) is 1. The van der Waals surface area contributed by atoms with Crippen LogP contribution in [-0.2, 0) is 10.0 Å². The van der Waals surface area contributed by atoms with E-state index in [0.717, 1.165) is 18.2 Å². The highest BCUT2D eigenvalue weighted by molar-refractivity contribution is 7.89. The highest BCUT2D eigenvalue weighted by atomic mass is 35.5. The van der Waals surface area contributed by atoms with E-state index in [1.165, 1.54) is 0 Å². The lowest BCUT2D eigenvalue weighted by Crippen LogP contribution is -2.42. The first-order chi connectivity index (χ1) is 9.07. The van der Waals surface area contributed by atoms with E-state index in [4.69, 9.17) is 11.6 Å². The normalized spacial score (nSPS) is 12.8. The Morgan fingerprint density at radius 1 is 1.40 bits per heavy atom. The third-order valence-corrected chi connectivity index (χ3v) is 4.72. The summed E-state index contributed by atoms with van der Waals surface area (Å²) in [6.45, 7) is 2.29. The van der Waals surface area contributed by atoms with E-state index in [1.54, 1.807) is 13.8 Å². The zero-order valence-electron chi connectivity index (χ0n) is 11.3. The first-order valence-corrected chi connectivity index (χ1v) is 7.72. The molecule has 0 aliphatic rings. The molecular formula is C12H16ClF2NO3S. The smallest absolute Gasteiger partial charge is 0.387 e. The van der Waals surface area contributed by atoms with Crippen molar-refractivity contribution in [3.05, 3.63) is 23.2 Å². The molecular weight excluding hydrogens is 312 g/mol. The van der Waals surface area contributed by atoms with E-state index >= 15 is 0 Å². The SMILES string of the molecule is CCC(C)(C)NS(=O)(=O)c1ccc(OC(F)F)c(Cl)c1. The largest absolute Gasteiger partial charge is 0.433 e. The Morgan fingerprint density at radius 2 is 2.00 bits per heavy atom. The molecule has 0 saturated carbocycles. The van der Waals surface area contributed by atoms with Gasteiger partial charge in [0.1, 0.15) is 5.75 Å². The minimum atomic E-state index is -3.78. The fraction of sp³-hybridized carbons (Fsp3) is 0.500. The minimum Gasteiger partial charge on any atom is -0.433 e. The summed E-state index contributed by atoms with van der Waals surface area (Å²) >= 11 is 5.73. The molecule has 0 spiro atoms. The molecule has 1 rings (SSSR count).